The zero-order chi connectivity index (χ0) is 15.3. The fraction of sp³-hybridized carbons (Fsp3) is 0.462. The number of benzene rings is 1. The molecule has 1 aromatic rings. The Morgan fingerprint density at radius 1 is 1.35 bits per heavy atom. The lowest BCUT2D eigenvalue weighted by Gasteiger charge is -2.24. The molecule has 3 nitrogen and oxygen atoms in total. The largest absolute Gasteiger partial charge is 0.402 e. The molecule has 112 valence electrons. The van der Waals surface area contributed by atoms with E-state index in [1.807, 2.05) is 0 Å². The van der Waals surface area contributed by atoms with E-state index < -0.39 is 17.5 Å². The number of carbonyl (C=O) groups excluding carboxylic acids is 1. The summed E-state index contributed by atoms with van der Waals surface area (Å²) in [5.41, 5.74) is 6.10. The monoisotopic (exact) mass is 306 g/mol. The molecule has 0 spiro atoms. The van der Waals surface area contributed by atoms with E-state index in [4.69, 9.17) is 5.73 Å². The lowest BCUT2D eigenvalue weighted by molar-refractivity contribution is -0.132. The smallest absolute Gasteiger partial charge is 0.326 e. The third kappa shape index (κ3) is 5.05. The van der Waals surface area contributed by atoms with Gasteiger partial charge in [-0.1, -0.05) is 6.92 Å². The van der Waals surface area contributed by atoms with Gasteiger partial charge in [-0.3, -0.25) is 4.79 Å². The minimum absolute atomic E-state index is 0.230. The van der Waals surface area contributed by atoms with Gasteiger partial charge in [0.1, 0.15) is 5.25 Å². The van der Waals surface area contributed by atoms with Crippen LogP contribution in [0.3, 0.4) is 0 Å². The highest BCUT2D eigenvalue weighted by atomic mass is 32.2. The number of thioether (sulfide) groups is 1. The summed E-state index contributed by atoms with van der Waals surface area (Å²) >= 11 is 0.693. The summed E-state index contributed by atoms with van der Waals surface area (Å²) in [7, 11) is 0. The molecular weight excluding hydrogens is 289 g/mol. The second-order valence-corrected chi connectivity index (χ2v) is 5.57. The van der Waals surface area contributed by atoms with Crippen LogP contribution >= 0.6 is 11.8 Å². The Labute approximate surface area is 120 Å². The van der Waals surface area contributed by atoms with Crippen LogP contribution in [0.25, 0.3) is 0 Å². The van der Waals surface area contributed by atoms with Crippen LogP contribution in [0.4, 0.5) is 18.9 Å². The van der Waals surface area contributed by atoms with Gasteiger partial charge in [0.15, 0.2) is 0 Å². The number of rotatable bonds is 5. The van der Waals surface area contributed by atoms with Crippen LogP contribution in [-0.4, -0.2) is 23.4 Å². The molecule has 0 aromatic heterocycles. The van der Waals surface area contributed by atoms with E-state index in [0.717, 1.165) is 0 Å². The lowest BCUT2D eigenvalue weighted by atomic mass is 10.1. The van der Waals surface area contributed by atoms with E-state index >= 15 is 0 Å². The van der Waals surface area contributed by atoms with Gasteiger partial charge in [0, 0.05) is 23.5 Å². The maximum atomic E-state index is 12.9. The first-order chi connectivity index (χ1) is 9.24. The minimum Gasteiger partial charge on any atom is -0.326 e. The molecule has 2 atom stereocenters. The third-order valence-corrected chi connectivity index (χ3v) is 4.04. The maximum absolute atomic E-state index is 12.9. The Hall–Kier alpha value is -1.21. The Bertz CT molecular complexity index is 448. The van der Waals surface area contributed by atoms with Crippen molar-refractivity contribution in [3.63, 3.8) is 0 Å². The van der Waals surface area contributed by atoms with E-state index in [9.17, 15) is 18.0 Å². The van der Waals surface area contributed by atoms with Gasteiger partial charge < -0.3 is 11.1 Å². The number of anilines is 1. The standard InChI is InChI=1S/C13H17F3N2OS/c1-3-11(17)12(13(14,15)16)20-10-6-4-9(5-7-10)18-8(2)19/h4-7,11-12H,3,17H2,1-2H3,(H,18,19). The van der Waals surface area contributed by atoms with Crippen molar-refractivity contribution in [1.29, 1.82) is 0 Å². The highest BCUT2D eigenvalue weighted by molar-refractivity contribution is 8.00. The van der Waals surface area contributed by atoms with Gasteiger partial charge in [-0.15, -0.1) is 11.8 Å². The number of nitrogens with one attached hydrogen (secondary N) is 1. The number of hydrogen-bond acceptors (Lipinski definition) is 3. The van der Waals surface area contributed by atoms with Crippen LogP contribution in [-0.2, 0) is 4.79 Å². The summed E-state index contributed by atoms with van der Waals surface area (Å²) in [5.74, 6) is -0.230. The van der Waals surface area contributed by atoms with Gasteiger partial charge in [-0.05, 0) is 30.7 Å². The van der Waals surface area contributed by atoms with Gasteiger partial charge in [0.2, 0.25) is 5.91 Å². The summed E-state index contributed by atoms with van der Waals surface area (Å²) < 4.78 is 38.8. The maximum Gasteiger partial charge on any atom is 0.402 e. The molecule has 2 unspecified atom stereocenters. The molecule has 0 saturated heterocycles. The van der Waals surface area contributed by atoms with Crippen LogP contribution in [0.1, 0.15) is 20.3 Å². The molecule has 20 heavy (non-hydrogen) atoms. The minimum atomic E-state index is -4.35. The van der Waals surface area contributed by atoms with Crippen molar-refractivity contribution < 1.29 is 18.0 Å². The number of carbonyl (C=O) groups is 1. The Balaban J connectivity index is 2.81. The van der Waals surface area contributed by atoms with Crippen LogP contribution in [0.15, 0.2) is 29.2 Å². The predicted octanol–water partition coefficient (Wildman–Crippen LogP) is 3.41. The number of hydrogen-bond donors (Lipinski definition) is 2. The van der Waals surface area contributed by atoms with E-state index in [1.54, 1.807) is 19.1 Å². The van der Waals surface area contributed by atoms with Crippen LogP contribution in [0, 0.1) is 0 Å². The molecular formula is C13H17F3N2OS. The molecule has 0 aliphatic rings. The Kier molecular flexibility index (Phi) is 5.88. The Morgan fingerprint density at radius 3 is 2.30 bits per heavy atom. The first-order valence-corrected chi connectivity index (χ1v) is 6.98. The summed E-state index contributed by atoms with van der Waals surface area (Å²) in [6.45, 7) is 2.99. The molecule has 3 N–H and O–H groups in total. The summed E-state index contributed by atoms with van der Waals surface area (Å²) in [6.07, 6.45) is -4.10. The first-order valence-electron chi connectivity index (χ1n) is 6.10. The summed E-state index contributed by atoms with van der Waals surface area (Å²) in [4.78, 5) is 11.3. The highest BCUT2D eigenvalue weighted by Gasteiger charge is 2.43. The molecule has 0 radical (unpaired) electrons. The van der Waals surface area contributed by atoms with Crippen molar-refractivity contribution in [2.75, 3.05) is 5.32 Å². The SMILES string of the molecule is CCC(N)C(Sc1ccc(NC(C)=O)cc1)C(F)(F)F. The highest BCUT2D eigenvalue weighted by Crippen LogP contribution is 2.37. The zero-order valence-electron chi connectivity index (χ0n) is 11.2. The van der Waals surface area contributed by atoms with Crippen molar-refractivity contribution in [1.82, 2.24) is 0 Å². The van der Waals surface area contributed by atoms with E-state index in [0.29, 0.717) is 22.3 Å². The number of amides is 1. The topological polar surface area (TPSA) is 55.1 Å². The number of nitrogens with two attached hydrogens (primary N) is 1. The van der Waals surface area contributed by atoms with Crippen LogP contribution < -0.4 is 11.1 Å². The van der Waals surface area contributed by atoms with E-state index in [1.165, 1.54) is 19.1 Å². The van der Waals surface area contributed by atoms with E-state index in [2.05, 4.69) is 5.32 Å². The summed E-state index contributed by atoms with van der Waals surface area (Å²) in [5, 5.41) is 0.915. The molecule has 0 aliphatic heterocycles. The average molecular weight is 306 g/mol. The van der Waals surface area contributed by atoms with Gasteiger partial charge in [0.25, 0.3) is 0 Å². The van der Waals surface area contributed by atoms with Gasteiger partial charge in [-0.25, -0.2) is 0 Å². The first kappa shape index (κ1) is 16.8. The quantitative estimate of drug-likeness (QED) is 0.820. The van der Waals surface area contributed by atoms with E-state index in [-0.39, 0.29) is 12.3 Å². The molecule has 0 aliphatic carbocycles. The third-order valence-electron chi connectivity index (χ3n) is 2.62. The molecule has 0 heterocycles. The second-order valence-electron chi connectivity index (χ2n) is 4.36. The summed E-state index contributed by atoms with van der Waals surface area (Å²) in [6, 6.07) is 5.26. The second kappa shape index (κ2) is 6.99. The average Bonchev–Trinajstić information content (AvgIpc) is 2.35. The lowest BCUT2D eigenvalue weighted by Crippen LogP contribution is -2.42. The van der Waals surface area contributed by atoms with Crippen molar-refractivity contribution in [2.45, 2.75) is 42.6 Å². The van der Waals surface area contributed by atoms with Crippen LogP contribution in [0.2, 0.25) is 0 Å². The molecule has 0 bridgehead atoms. The van der Waals surface area contributed by atoms with Gasteiger partial charge in [0.05, 0.1) is 0 Å². The molecule has 1 amide bonds. The number of alkyl halides is 3. The zero-order valence-corrected chi connectivity index (χ0v) is 12.0. The molecule has 7 heteroatoms. The van der Waals surface area contributed by atoms with Crippen molar-refractivity contribution in [3.05, 3.63) is 24.3 Å². The van der Waals surface area contributed by atoms with Gasteiger partial charge >= 0.3 is 6.18 Å². The Morgan fingerprint density at radius 2 is 1.90 bits per heavy atom. The van der Waals surface area contributed by atoms with Crippen molar-refractivity contribution >= 4 is 23.4 Å². The van der Waals surface area contributed by atoms with Gasteiger partial charge in [-0.2, -0.15) is 13.2 Å². The van der Waals surface area contributed by atoms with Crippen molar-refractivity contribution in [3.8, 4) is 0 Å². The molecule has 0 saturated carbocycles. The molecule has 1 rings (SSSR count). The molecule has 0 fully saturated rings. The molecule has 1 aromatic carbocycles. The number of halogens is 3. The predicted molar refractivity (Wildman–Crippen MR) is 74.7 cm³/mol. The fourth-order valence-electron chi connectivity index (χ4n) is 1.58. The fourth-order valence-corrected chi connectivity index (χ4v) is 2.67. The normalized spacial score (nSPS) is 14.7. The van der Waals surface area contributed by atoms with Crippen molar-refractivity contribution in [2.24, 2.45) is 5.73 Å². The van der Waals surface area contributed by atoms with Crippen LogP contribution in [0.5, 0.6) is 0 Å².